The van der Waals surface area contributed by atoms with Crippen LogP contribution in [0.2, 0.25) is 0 Å². The van der Waals surface area contributed by atoms with Gasteiger partial charge in [-0.3, -0.25) is 29.0 Å². The molecule has 0 saturated heterocycles. The number of rotatable bonds is 23. The van der Waals surface area contributed by atoms with Crippen LogP contribution in [-0.4, -0.2) is 79.2 Å². The van der Waals surface area contributed by atoms with E-state index >= 15 is 0 Å². The van der Waals surface area contributed by atoms with Crippen molar-refractivity contribution in [3.05, 3.63) is 53.9 Å². The van der Waals surface area contributed by atoms with Crippen molar-refractivity contribution >= 4 is 29.0 Å². The van der Waals surface area contributed by atoms with Crippen LogP contribution < -0.4 is 5.32 Å². The van der Waals surface area contributed by atoms with Crippen LogP contribution in [0.5, 0.6) is 0 Å². The molecule has 1 atom stereocenters. The van der Waals surface area contributed by atoms with E-state index in [1.165, 1.54) is 6.92 Å². The highest BCUT2D eigenvalue weighted by Gasteiger charge is 2.34. The molecule has 1 amide bonds. The summed E-state index contributed by atoms with van der Waals surface area (Å²) in [6.45, 7) is 11.1. The summed E-state index contributed by atoms with van der Waals surface area (Å²) >= 11 is 0. The molecule has 1 N–H and O–H groups in total. The molecule has 0 radical (unpaired) electrons. The van der Waals surface area contributed by atoms with Crippen LogP contribution >= 0.6 is 0 Å². The van der Waals surface area contributed by atoms with Gasteiger partial charge in [0.15, 0.2) is 5.78 Å². The number of hydrogen-bond donors (Lipinski definition) is 1. The van der Waals surface area contributed by atoms with E-state index in [1.54, 1.807) is 30.5 Å². The fourth-order valence-corrected chi connectivity index (χ4v) is 4.47. The van der Waals surface area contributed by atoms with Gasteiger partial charge >= 0.3 is 0 Å². The monoisotopic (exact) mass is 638 g/mol. The highest BCUT2D eigenvalue weighted by atomic mass is 16.5. The van der Waals surface area contributed by atoms with Crippen LogP contribution in [0.1, 0.15) is 94.5 Å². The van der Waals surface area contributed by atoms with Crippen molar-refractivity contribution in [2.24, 2.45) is 11.8 Å². The van der Waals surface area contributed by atoms with Crippen LogP contribution in [-0.2, 0) is 28.6 Å². The van der Waals surface area contributed by atoms with E-state index in [0.717, 1.165) is 17.5 Å². The minimum Gasteiger partial charge on any atom is -0.378 e. The zero-order valence-corrected chi connectivity index (χ0v) is 28.2. The predicted octanol–water partition coefficient (Wildman–Crippen LogP) is 5.46. The Kier molecular flexibility index (Phi) is 16.6. The van der Waals surface area contributed by atoms with E-state index in [4.69, 9.17) is 14.2 Å². The second-order valence-electron chi connectivity index (χ2n) is 12.3. The summed E-state index contributed by atoms with van der Waals surface area (Å²) in [5.74, 6) is -0.536. The summed E-state index contributed by atoms with van der Waals surface area (Å²) in [6.07, 6.45) is 3.46. The van der Waals surface area contributed by atoms with Gasteiger partial charge in [0, 0.05) is 54.8 Å². The zero-order chi connectivity index (χ0) is 34.1. The molecular formula is C36H50N2O8. The molecule has 1 aromatic carbocycles. The summed E-state index contributed by atoms with van der Waals surface area (Å²) in [6, 6.07) is 10.6. The number of amides is 1. The summed E-state index contributed by atoms with van der Waals surface area (Å²) in [5, 5.41) is 2.98. The number of ketones is 4. The topological polar surface area (TPSA) is 138 Å². The molecule has 10 nitrogen and oxygen atoms in total. The number of pyridine rings is 1. The number of nitrogens with one attached hydrogen (secondary N) is 1. The minimum absolute atomic E-state index is 0.0319. The number of nitrogens with zero attached hydrogens (tertiary/aromatic N) is 1. The molecule has 252 valence electrons. The van der Waals surface area contributed by atoms with Gasteiger partial charge in [-0.25, -0.2) is 0 Å². The third-order valence-electron chi connectivity index (χ3n) is 7.33. The Morgan fingerprint density at radius 1 is 0.739 bits per heavy atom. The lowest BCUT2D eigenvalue weighted by Gasteiger charge is -2.34. The lowest BCUT2D eigenvalue weighted by Crippen LogP contribution is -2.59. The number of Topliss-reactive ketones (excluding diaryl/α,β-unsaturated/α-hetero) is 4. The van der Waals surface area contributed by atoms with Crippen molar-refractivity contribution in [1.29, 1.82) is 0 Å². The lowest BCUT2D eigenvalue weighted by atomic mass is 9.98. The molecule has 46 heavy (non-hydrogen) atoms. The molecule has 0 aliphatic carbocycles. The normalized spacial score (nSPS) is 12.6. The fraction of sp³-hybridized carbons (Fsp3) is 0.556. The van der Waals surface area contributed by atoms with Crippen molar-refractivity contribution < 1.29 is 38.2 Å². The highest BCUT2D eigenvalue weighted by Crippen LogP contribution is 2.21. The summed E-state index contributed by atoms with van der Waals surface area (Å²) < 4.78 is 17.6. The fourth-order valence-electron chi connectivity index (χ4n) is 4.47. The SMILES string of the molecule is CCCC(=O)CCOCC(COCCC(C)=O)(COCCC(=O)C(C)C)NC(=O)c1ccc(-c2ccc(C(=O)C(C)C)cc2)cn1. The van der Waals surface area contributed by atoms with Crippen LogP contribution in [0.25, 0.3) is 11.1 Å². The molecule has 1 heterocycles. The zero-order valence-electron chi connectivity index (χ0n) is 28.2. The van der Waals surface area contributed by atoms with Gasteiger partial charge in [-0.2, -0.15) is 0 Å². The quantitative estimate of drug-likeness (QED) is 0.124. The first-order valence-corrected chi connectivity index (χ1v) is 16.1. The Hall–Kier alpha value is -3.60. The van der Waals surface area contributed by atoms with Crippen molar-refractivity contribution in [2.45, 2.75) is 79.2 Å². The first-order chi connectivity index (χ1) is 21.9. The Bertz CT molecular complexity index is 1290. The van der Waals surface area contributed by atoms with Crippen molar-refractivity contribution in [2.75, 3.05) is 39.6 Å². The molecule has 0 spiro atoms. The Morgan fingerprint density at radius 3 is 1.80 bits per heavy atom. The third-order valence-corrected chi connectivity index (χ3v) is 7.33. The van der Waals surface area contributed by atoms with Crippen molar-refractivity contribution in [3.63, 3.8) is 0 Å². The smallest absolute Gasteiger partial charge is 0.270 e. The maximum Gasteiger partial charge on any atom is 0.270 e. The van der Waals surface area contributed by atoms with Gasteiger partial charge in [0.05, 0.1) is 39.6 Å². The van der Waals surface area contributed by atoms with Crippen LogP contribution in [0, 0.1) is 11.8 Å². The maximum absolute atomic E-state index is 13.5. The van der Waals surface area contributed by atoms with Gasteiger partial charge in [-0.1, -0.05) is 65.0 Å². The number of aromatic nitrogens is 1. The summed E-state index contributed by atoms with van der Waals surface area (Å²) in [4.78, 5) is 65.9. The molecule has 0 saturated carbocycles. The molecule has 2 rings (SSSR count). The van der Waals surface area contributed by atoms with E-state index in [-0.39, 0.29) is 99.6 Å². The second-order valence-corrected chi connectivity index (χ2v) is 12.3. The summed E-state index contributed by atoms with van der Waals surface area (Å²) in [5.41, 5.74) is 1.22. The second kappa shape index (κ2) is 19.8. The molecule has 2 aromatic rings. The average molecular weight is 639 g/mol. The van der Waals surface area contributed by atoms with Gasteiger partial charge < -0.3 is 19.5 Å². The number of benzene rings is 1. The molecule has 10 heteroatoms. The third kappa shape index (κ3) is 13.4. The molecular weight excluding hydrogens is 588 g/mol. The van der Waals surface area contributed by atoms with Crippen LogP contribution in [0.15, 0.2) is 42.6 Å². The first kappa shape index (κ1) is 38.6. The molecule has 0 aliphatic rings. The van der Waals surface area contributed by atoms with Gasteiger partial charge in [-0.15, -0.1) is 0 Å². The van der Waals surface area contributed by atoms with E-state index < -0.39 is 11.4 Å². The van der Waals surface area contributed by atoms with E-state index in [0.29, 0.717) is 12.0 Å². The standard InChI is InChI=1S/C36H50N2O8/c1-7-8-31(40)16-19-45-23-36(22-44-18-15-27(6)39,24-46-20-17-33(41)25(2)3)38-35(43)32-14-13-30(21-37-32)28-9-11-29(12-10-28)34(42)26(4)5/h9-14,21,25-26H,7-8,15-20,22-24H2,1-6H3,(H,38,43). The minimum atomic E-state index is -1.19. The van der Waals surface area contributed by atoms with E-state index in [2.05, 4.69) is 10.3 Å². The van der Waals surface area contributed by atoms with Gasteiger partial charge in [-0.05, 0) is 25.0 Å². The van der Waals surface area contributed by atoms with Gasteiger partial charge in [0.1, 0.15) is 28.6 Å². The molecule has 1 aromatic heterocycles. The van der Waals surface area contributed by atoms with Gasteiger partial charge in [0.25, 0.3) is 5.91 Å². The van der Waals surface area contributed by atoms with E-state index in [1.807, 2.05) is 46.8 Å². The largest absolute Gasteiger partial charge is 0.378 e. The number of carbonyl (C=O) groups excluding carboxylic acids is 5. The molecule has 0 bridgehead atoms. The number of ether oxygens (including phenoxy) is 3. The van der Waals surface area contributed by atoms with Crippen LogP contribution in [0.4, 0.5) is 0 Å². The van der Waals surface area contributed by atoms with Gasteiger partial charge in [0.2, 0.25) is 0 Å². The van der Waals surface area contributed by atoms with Crippen LogP contribution in [0.3, 0.4) is 0 Å². The number of hydrogen-bond acceptors (Lipinski definition) is 9. The average Bonchev–Trinajstić information content (AvgIpc) is 3.03. The predicted molar refractivity (Wildman–Crippen MR) is 176 cm³/mol. The van der Waals surface area contributed by atoms with E-state index in [9.17, 15) is 24.0 Å². The Balaban J connectivity index is 2.24. The van der Waals surface area contributed by atoms with Crippen molar-refractivity contribution in [3.8, 4) is 11.1 Å². The maximum atomic E-state index is 13.5. The van der Waals surface area contributed by atoms with Crippen molar-refractivity contribution in [1.82, 2.24) is 10.3 Å². The number of carbonyl (C=O) groups is 5. The molecule has 0 fully saturated rings. The first-order valence-electron chi connectivity index (χ1n) is 16.1. The lowest BCUT2D eigenvalue weighted by molar-refractivity contribution is -0.123. The Labute approximate surface area is 273 Å². The molecule has 1 unspecified atom stereocenters. The summed E-state index contributed by atoms with van der Waals surface area (Å²) in [7, 11) is 0. The highest BCUT2D eigenvalue weighted by molar-refractivity contribution is 5.98. The Morgan fingerprint density at radius 2 is 1.30 bits per heavy atom. The molecule has 0 aliphatic heterocycles.